The molecule has 2 amide bonds. The van der Waals surface area contributed by atoms with E-state index in [9.17, 15) is 14.4 Å². The van der Waals surface area contributed by atoms with E-state index in [0.29, 0.717) is 28.9 Å². The smallest absolute Gasteiger partial charge is 0.339 e. The molecule has 8 heteroatoms. The number of aromatic nitrogens is 1. The lowest BCUT2D eigenvalue weighted by molar-refractivity contribution is -0.115. The number of rotatable bonds is 6. The average Bonchev–Trinajstić information content (AvgIpc) is 2.98. The molecule has 0 aliphatic heterocycles. The summed E-state index contributed by atoms with van der Waals surface area (Å²) in [4.78, 5) is 39.5. The van der Waals surface area contributed by atoms with Crippen LogP contribution in [0.5, 0.6) is 0 Å². The Labute approximate surface area is 166 Å². The second-order valence-electron chi connectivity index (χ2n) is 6.01. The molecule has 7 nitrogen and oxygen atoms in total. The van der Waals surface area contributed by atoms with Gasteiger partial charge in [0.25, 0.3) is 5.91 Å². The maximum Gasteiger partial charge on any atom is 0.339 e. The summed E-state index contributed by atoms with van der Waals surface area (Å²) in [5, 5.41) is 5.32. The van der Waals surface area contributed by atoms with Crippen molar-refractivity contribution in [2.24, 2.45) is 0 Å². The number of benzene rings is 1. The average molecular weight is 436 g/mol. The van der Waals surface area contributed by atoms with Crippen LogP contribution in [0.4, 0.5) is 5.69 Å². The number of aryl methyl sites for hydroxylation is 2. The SMILES string of the molecule is CCc1[nH]c(C(=O)NCC(=O)Nc2ccc(Br)cc2C)c(C)c1C(=O)OC. The summed E-state index contributed by atoms with van der Waals surface area (Å²) in [6, 6.07) is 5.49. The third-order valence-corrected chi connectivity index (χ3v) is 4.66. The second kappa shape index (κ2) is 8.85. The highest BCUT2D eigenvalue weighted by atomic mass is 79.9. The van der Waals surface area contributed by atoms with Crippen molar-refractivity contribution in [3.8, 4) is 0 Å². The van der Waals surface area contributed by atoms with E-state index in [-0.39, 0.29) is 18.1 Å². The quantitative estimate of drug-likeness (QED) is 0.606. The van der Waals surface area contributed by atoms with E-state index in [1.54, 1.807) is 13.0 Å². The summed E-state index contributed by atoms with van der Waals surface area (Å²) < 4.78 is 5.70. The lowest BCUT2D eigenvalue weighted by Gasteiger charge is -2.09. The van der Waals surface area contributed by atoms with Gasteiger partial charge in [0.15, 0.2) is 0 Å². The minimum absolute atomic E-state index is 0.193. The summed E-state index contributed by atoms with van der Waals surface area (Å²) in [5.74, 6) is -1.30. The van der Waals surface area contributed by atoms with Crippen molar-refractivity contribution in [1.82, 2.24) is 10.3 Å². The second-order valence-corrected chi connectivity index (χ2v) is 6.93. The van der Waals surface area contributed by atoms with Crippen molar-refractivity contribution in [2.45, 2.75) is 27.2 Å². The molecule has 1 aromatic heterocycles. The molecule has 0 bridgehead atoms. The minimum Gasteiger partial charge on any atom is -0.465 e. The molecule has 27 heavy (non-hydrogen) atoms. The van der Waals surface area contributed by atoms with Crippen molar-refractivity contribution in [3.63, 3.8) is 0 Å². The Kier molecular flexibility index (Phi) is 6.79. The monoisotopic (exact) mass is 435 g/mol. The van der Waals surface area contributed by atoms with E-state index >= 15 is 0 Å². The van der Waals surface area contributed by atoms with Crippen LogP contribution in [0.2, 0.25) is 0 Å². The van der Waals surface area contributed by atoms with Crippen LogP contribution in [0, 0.1) is 13.8 Å². The van der Waals surface area contributed by atoms with Crippen LogP contribution in [-0.2, 0) is 16.0 Å². The summed E-state index contributed by atoms with van der Waals surface area (Å²) >= 11 is 3.37. The van der Waals surface area contributed by atoms with Crippen molar-refractivity contribution >= 4 is 39.4 Å². The number of ether oxygens (including phenoxy) is 1. The van der Waals surface area contributed by atoms with Crippen LogP contribution in [0.1, 0.15) is 44.6 Å². The Morgan fingerprint density at radius 2 is 1.93 bits per heavy atom. The van der Waals surface area contributed by atoms with Crippen molar-refractivity contribution in [1.29, 1.82) is 0 Å². The Morgan fingerprint density at radius 3 is 2.52 bits per heavy atom. The Bertz CT molecular complexity index is 889. The Balaban J connectivity index is 2.06. The number of amides is 2. The van der Waals surface area contributed by atoms with Gasteiger partial charge in [0.05, 0.1) is 19.2 Å². The van der Waals surface area contributed by atoms with Crippen molar-refractivity contribution in [2.75, 3.05) is 19.0 Å². The first-order valence-electron chi connectivity index (χ1n) is 8.42. The van der Waals surface area contributed by atoms with Gasteiger partial charge in [-0.1, -0.05) is 22.9 Å². The third-order valence-electron chi connectivity index (χ3n) is 4.17. The molecule has 1 aromatic carbocycles. The predicted molar refractivity (Wildman–Crippen MR) is 106 cm³/mol. The molecule has 0 atom stereocenters. The molecule has 2 aromatic rings. The molecule has 0 saturated carbocycles. The standard InChI is InChI=1S/C19H22BrN3O4/c1-5-13-16(19(26)27-4)11(3)17(23-13)18(25)21-9-15(24)22-14-7-6-12(20)8-10(14)2/h6-8,23H,5,9H2,1-4H3,(H,21,25)(H,22,24). The van der Waals surface area contributed by atoms with E-state index in [0.717, 1.165) is 10.0 Å². The van der Waals surface area contributed by atoms with Crippen molar-refractivity contribution in [3.05, 3.63) is 50.8 Å². The Hall–Kier alpha value is -2.61. The molecule has 0 aliphatic rings. The number of anilines is 1. The van der Waals surface area contributed by atoms with Crippen LogP contribution < -0.4 is 10.6 Å². The van der Waals surface area contributed by atoms with Gasteiger partial charge in [-0.15, -0.1) is 0 Å². The first-order chi connectivity index (χ1) is 12.8. The summed E-state index contributed by atoms with van der Waals surface area (Å²) in [6.07, 6.45) is 0.544. The highest BCUT2D eigenvalue weighted by Crippen LogP contribution is 2.21. The lowest BCUT2D eigenvalue weighted by Crippen LogP contribution is -2.33. The molecule has 0 fully saturated rings. The van der Waals surface area contributed by atoms with E-state index in [1.807, 2.05) is 26.0 Å². The molecule has 3 N–H and O–H groups in total. The number of esters is 1. The van der Waals surface area contributed by atoms with Gasteiger partial charge in [-0.25, -0.2) is 4.79 Å². The summed E-state index contributed by atoms with van der Waals surface area (Å²) in [6.45, 7) is 5.22. The fourth-order valence-electron chi connectivity index (χ4n) is 2.74. The van der Waals surface area contributed by atoms with E-state index in [4.69, 9.17) is 4.74 Å². The predicted octanol–water partition coefficient (Wildman–Crippen LogP) is 3.11. The van der Waals surface area contributed by atoms with Gasteiger partial charge in [-0.05, 0) is 49.6 Å². The molecule has 0 radical (unpaired) electrons. The van der Waals surface area contributed by atoms with Crippen LogP contribution in [0.15, 0.2) is 22.7 Å². The molecular formula is C19H22BrN3O4. The maximum atomic E-state index is 12.4. The van der Waals surface area contributed by atoms with Crippen LogP contribution in [-0.4, -0.2) is 36.4 Å². The minimum atomic E-state index is -0.497. The molecule has 2 rings (SSSR count). The largest absolute Gasteiger partial charge is 0.465 e. The van der Waals surface area contributed by atoms with Crippen LogP contribution in [0.3, 0.4) is 0 Å². The zero-order chi connectivity index (χ0) is 20.1. The molecule has 144 valence electrons. The van der Waals surface area contributed by atoms with Gasteiger partial charge in [-0.3, -0.25) is 9.59 Å². The zero-order valence-electron chi connectivity index (χ0n) is 15.7. The van der Waals surface area contributed by atoms with Gasteiger partial charge < -0.3 is 20.4 Å². The number of halogens is 1. The number of carbonyl (C=O) groups excluding carboxylic acids is 3. The van der Waals surface area contributed by atoms with Gasteiger partial charge >= 0.3 is 5.97 Å². The summed E-state index contributed by atoms with van der Waals surface area (Å²) in [7, 11) is 1.29. The van der Waals surface area contributed by atoms with Crippen LogP contribution in [0.25, 0.3) is 0 Å². The highest BCUT2D eigenvalue weighted by Gasteiger charge is 2.23. The first-order valence-corrected chi connectivity index (χ1v) is 9.21. The number of nitrogens with one attached hydrogen (secondary N) is 3. The fraction of sp³-hybridized carbons (Fsp3) is 0.316. The maximum absolute atomic E-state index is 12.4. The number of aromatic amines is 1. The molecule has 0 spiro atoms. The molecule has 0 unspecified atom stereocenters. The van der Waals surface area contributed by atoms with Gasteiger partial charge in [-0.2, -0.15) is 0 Å². The number of carbonyl (C=O) groups is 3. The van der Waals surface area contributed by atoms with Crippen LogP contribution >= 0.6 is 15.9 Å². The normalized spacial score (nSPS) is 10.4. The van der Waals surface area contributed by atoms with Gasteiger partial charge in [0.1, 0.15) is 5.69 Å². The van der Waals surface area contributed by atoms with Gasteiger partial charge in [0.2, 0.25) is 5.91 Å². The van der Waals surface area contributed by atoms with E-state index in [2.05, 4.69) is 31.5 Å². The highest BCUT2D eigenvalue weighted by molar-refractivity contribution is 9.10. The molecule has 0 saturated heterocycles. The third kappa shape index (κ3) is 4.77. The number of hydrogen-bond acceptors (Lipinski definition) is 4. The Morgan fingerprint density at radius 1 is 1.22 bits per heavy atom. The molecule has 1 heterocycles. The number of methoxy groups -OCH3 is 1. The topological polar surface area (TPSA) is 100 Å². The fourth-order valence-corrected chi connectivity index (χ4v) is 3.22. The zero-order valence-corrected chi connectivity index (χ0v) is 17.2. The van der Waals surface area contributed by atoms with E-state index in [1.165, 1.54) is 7.11 Å². The van der Waals surface area contributed by atoms with Gasteiger partial charge in [0, 0.05) is 15.9 Å². The first kappa shape index (κ1) is 20.7. The molecule has 0 aliphatic carbocycles. The number of H-pyrrole nitrogens is 1. The van der Waals surface area contributed by atoms with Crippen molar-refractivity contribution < 1.29 is 19.1 Å². The lowest BCUT2D eigenvalue weighted by atomic mass is 10.1. The molecular weight excluding hydrogens is 414 g/mol. The summed E-state index contributed by atoms with van der Waals surface area (Å²) in [5.41, 5.74) is 3.31. The van der Waals surface area contributed by atoms with E-state index < -0.39 is 11.9 Å². The number of hydrogen-bond donors (Lipinski definition) is 3.